The van der Waals surface area contributed by atoms with Gasteiger partial charge in [0.25, 0.3) is 0 Å². The number of carboxylic acids is 1. The van der Waals surface area contributed by atoms with E-state index >= 15 is 0 Å². The number of nitrogens with one attached hydrogen (secondary N) is 1. The molecule has 0 radical (unpaired) electrons. The number of hydrogen-bond donors (Lipinski definition) is 2. The zero-order chi connectivity index (χ0) is 26.7. The number of unbranched alkanes of at least 4 members (excludes halogenated alkanes) is 16. The fourth-order valence-corrected chi connectivity index (χ4v) is 5.63. The molecule has 0 rings (SSSR count). The molecule has 0 heterocycles. The second kappa shape index (κ2) is 25.9. The van der Waals surface area contributed by atoms with Crippen LogP contribution in [-0.4, -0.2) is 66.7 Å². The molecule has 0 saturated heterocycles. The zero-order valence-electron chi connectivity index (χ0n) is 24.3. The lowest BCUT2D eigenvalue weighted by Gasteiger charge is -2.27. The van der Waals surface area contributed by atoms with Crippen LogP contribution < -0.4 is 5.32 Å². The van der Waals surface area contributed by atoms with E-state index in [2.05, 4.69) is 24.0 Å². The number of hydrogen-bond acceptors (Lipinski definition) is 3. The quantitative estimate of drug-likeness (QED) is 0.0801. The zero-order valence-corrected chi connectivity index (χ0v) is 25.1. The van der Waals surface area contributed by atoms with E-state index in [9.17, 15) is 9.59 Å². The minimum absolute atomic E-state index is 0.117. The number of carboxylic acid groups (broad SMARTS) is 1. The number of nitrogens with zero attached hydrogens (tertiary/aromatic N) is 1. The summed E-state index contributed by atoms with van der Waals surface area (Å²) in [5.74, 6) is 2.04. The minimum Gasteiger partial charge on any atom is -0.477 e. The molecular weight excluding hydrogens is 468 g/mol. The van der Waals surface area contributed by atoms with Crippen LogP contribution in [0.15, 0.2) is 0 Å². The maximum atomic E-state index is 11.9. The van der Waals surface area contributed by atoms with Crippen molar-refractivity contribution in [2.24, 2.45) is 0 Å². The highest BCUT2D eigenvalue weighted by atomic mass is 32.2. The van der Waals surface area contributed by atoms with Gasteiger partial charge in [0.05, 0.1) is 20.6 Å². The second-order valence-electron chi connectivity index (χ2n) is 11.3. The van der Waals surface area contributed by atoms with Crippen molar-refractivity contribution in [3.8, 4) is 0 Å². The molecule has 5 nitrogen and oxygen atoms in total. The van der Waals surface area contributed by atoms with Gasteiger partial charge in [-0.2, -0.15) is 11.8 Å². The number of likely N-dealkylation sites (N-methyl/N-ethyl adjacent to an activating group) is 1. The molecule has 0 aromatic carbocycles. The van der Waals surface area contributed by atoms with Crippen LogP contribution in [0.3, 0.4) is 0 Å². The number of carbonyl (C=O) groups is 2. The number of carbonyl (C=O) groups excluding carboxylic acids is 1. The molecule has 0 saturated carbocycles. The fraction of sp³-hybridized carbons (Fsp3) is 0.933. The molecule has 0 aliphatic rings. The third kappa shape index (κ3) is 27.8. The van der Waals surface area contributed by atoms with Gasteiger partial charge >= 0.3 is 5.97 Å². The average Bonchev–Trinajstić information content (AvgIpc) is 2.82. The van der Waals surface area contributed by atoms with Crippen molar-refractivity contribution in [2.45, 2.75) is 135 Å². The SMILES string of the molecule is CCCCCCCCCCCCSCCCCCCCCCCC(=O)NCCC[N+](C)(C)CC(=O)O. The minimum atomic E-state index is -0.780. The maximum absolute atomic E-state index is 11.9. The largest absolute Gasteiger partial charge is 0.477 e. The maximum Gasteiger partial charge on any atom is 0.359 e. The molecule has 0 aliphatic heterocycles. The third-order valence-corrected chi connectivity index (χ3v) is 8.07. The normalized spacial score (nSPS) is 11.6. The summed E-state index contributed by atoms with van der Waals surface area (Å²) in [6.45, 7) is 3.79. The van der Waals surface area contributed by atoms with Crippen LogP contribution in [0, 0.1) is 0 Å². The summed E-state index contributed by atoms with van der Waals surface area (Å²) < 4.78 is 0.448. The number of thioether (sulfide) groups is 1. The lowest BCUT2D eigenvalue weighted by atomic mass is 10.1. The van der Waals surface area contributed by atoms with Gasteiger partial charge in [-0.15, -0.1) is 0 Å². The van der Waals surface area contributed by atoms with Crippen molar-refractivity contribution in [2.75, 3.05) is 45.2 Å². The van der Waals surface area contributed by atoms with Gasteiger partial charge in [-0.25, -0.2) is 4.79 Å². The molecular formula is C30H61N2O3S+. The predicted molar refractivity (Wildman–Crippen MR) is 158 cm³/mol. The van der Waals surface area contributed by atoms with Gasteiger partial charge in [0, 0.05) is 19.4 Å². The number of rotatable bonds is 28. The average molecular weight is 530 g/mol. The Morgan fingerprint density at radius 2 is 1.11 bits per heavy atom. The number of quaternary nitrogens is 1. The Balaban J connectivity index is 3.24. The first-order valence-corrected chi connectivity index (χ1v) is 16.4. The van der Waals surface area contributed by atoms with E-state index in [4.69, 9.17) is 5.11 Å². The van der Waals surface area contributed by atoms with Crippen LogP contribution in [-0.2, 0) is 9.59 Å². The summed E-state index contributed by atoms with van der Waals surface area (Å²) in [6.07, 6.45) is 25.8. The van der Waals surface area contributed by atoms with E-state index in [-0.39, 0.29) is 12.5 Å². The van der Waals surface area contributed by atoms with Crippen molar-refractivity contribution in [1.82, 2.24) is 5.32 Å². The fourth-order valence-electron chi connectivity index (χ4n) is 4.61. The van der Waals surface area contributed by atoms with Crippen molar-refractivity contribution in [3.05, 3.63) is 0 Å². The predicted octanol–water partition coefficient (Wildman–Crippen LogP) is 7.82. The monoisotopic (exact) mass is 529 g/mol. The van der Waals surface area contributed by atoms with E-state index in [1.165, 1.54) is 114 Å². The molecule has 214 valence electrons. The highest BCUT2D eigenvalue weighted by Gasteiger charge is 2.18. The van der Waals surface area contributed by atoms with Crippen LogP contribution in [0.5, 0.6) is 0 Å². The van der Waals surface area contributed by atoms with Crippen LogP contribution in [0.25, 0.3) is 0 Å². The van der Waals surface area contributed by atoms with E-state index in [1.807, 2.05) is 14.1 Å². The summed E-state index contributed by atoms with van der Waals surface area (Å²) in [6, 6.07) is 0. The first kappa shape index (κ1) is 35.2. The lowest BCUT2D eigenvalue weighted by Crippen LogP contribution is -2.45. The van der Waals surface area contributed by atoms with Gasteiger partial charge in [0.15, 0.2) is 6.54 Å². The Bertz CT molecular complexity index is 514. The molecule has 1 amide bonds. The molecule has 0 aromatic rings. The summed E-state index contributed by atoms with van der Waals surface area (Å²) in [7, 11) is 3.82. The third-order valence-electron chi connectivity index (χ3n) is 6.91. The molecule has 36 heavy (non-hydrogen) atoms. The van der Waals surface area contributed by atoms with Gasteiger partial charge < -0.3 is 14.9 Å². The highest BCUT2D eigenvalue weighted by molar-refractivity contribution is 7.99. The summed E-state index contributed by atoms with van der Waals surface area (Å²) >= 11 is 2.16. The van der Waals surface area contributed by atoms with Gasteiger partial charge in [0.1, 0.15) is 0 Å². The van der Waals surface area contributed by atoms with E-state index in [0.29, 0.717) is 17.4 Å². The van der Waals surface area contributed by atoms with Crippen LogP contribution in [0.1, 0.15) is 135 Å². The Labute approximate surface area is 228 Å². The Hall–Kier alpha value is -0.750. The van der Waals surface area contributed by atoms with E-state index in [0.717, 1.165) is 25.8 Å². The molecule has 0 aliphatic carbocycles. The topological polar surface area (TPSA) is 66.4 Å². The standard InChI is InChI=1S/C30H60N2O3S/c1-4-5-6-7-8-9-11-14-17-20-26-36-27-21-18-15-12-10-13-16-19-23-29(33)31-24-22-25-32(2,3)28-30(34)35/h4-28H2,1-3H3,(H-,31,33,34,35)/p+1. The Morgan fingerprint density at radius 1 is 0.667 bits per heavy atom. The van der Waals surface area contributed by atoms with Crippen molar-refractivity contribution >= 4 is 23.6 Å². The molecule has 0 atom stereocenters. The smallest absolute Gasteiger partial charge is 0.359 e. The van der Waals surface area contributed by atoms with Crippen molar-refractivity contribution in [1.29, 1.82) is 0 Å². The van der Waals surface area contributed by atoms with Crippen LogP contribution in [0.2, 0.25) is 0 Å². The van der Waals surface area contributed by atoms with Gasteiger partial charge in [0.2, 0.25) is 5.91 Å². The molecule has 0 unspecified atom stereocenters. The van der Waals surface area contributed by atoms with Gasteiger partial charge in [-0.05, 0) is 30.8 Å². The molecule has 2 N–H and O–H groups in total. The molecule has 6 heteroatoms. The molecule has 0 spiro atoms. The molecule has 0 bridgehead atoms. The summed E-state index contributed by atoms with van der Waals surface area (Å²) in [5, 5.41) is 11.9. The van der Waals surface area contributed by atoms with Crippen LogP contribution in [0.4, 0.5) is 0 Å². The Kier molecular flexibility index (Phi) is 25.3. The van der Waals surface area contributed by atoms with Crippen molar-refractivity contribution in [3.63, 3.8) is 0 Å². The first-order chi connectivity index (χ1) is 17.4. The van der Waals surface area contributed by atoms with Crippen molar-refractivity contribution < 1.29 is 19.2 Å². The summed E-state index contributed by atoms with van der Waals surface area (Å²) in [4.78, 5) is 22.8. The second-order valence-corrected chi connectivity index (χ2v) is 12.5. The van der Waals surface area contributed by atoms with E-state index in [1.54, 1.807) is 0 Å². The highest BCUT2D eigenvalue weighted by Crippen LogP contribution is 2.15. The summed E-state index contributed by atoms with van der Waals surface area (Å²) in [5.41, 5.74) is 0. The van der Waals surface area contributed by atoms with Gasteiger partial charge in [-0.3, -0.25) is 4.79 Å². The van der Waals surface area contributed by atoms with E-state index < -0.39 is 5.97 Å². The molecule has 0 fully saturated rings. The lowest BCUT2D eigenvalue weighted by molar-refractivity contribution is -0.883. The van der Waals surface area contributed by atoms with Crippen LogP contribution >= 0.6 is 11.8 Å². The first-order valence-electron chi connectivity index (χ1n) is 15.3. The van der Waals surface area contributed by atoms with Gasteiger partial charge in [-0.1, -0.05) is 103 Å². The number of aliphatic carboxylic acids is 1. The number of amides is 1. The Morgan fingerprint density at radius 3 is 1.58 bits per heavy atom. The molecule has 0 aromatic heterocycles.